The molecule has 0 amide bonds. The van der Waals surface area contributed by atoms with E-state index < -0.39 is 5.41 Å². The summed E-state index contributed by atoms with van der Waals surface area (Å²) in [5, 5.41) is 11.9. The summed E-state index contributed by atoms with van der Waals surface area (Å²) in [6.07, 6.45) is 2.17. The summed E-state index contributed by atoms with van der Waals surface area (Å²) in [6.45, 7) is 0. The Morgan fingerprint density at radius 1 is 0.619 bits per heavy atom. The van der Waals surface area contributed by atoms with Crippen LogP contribution in [0.5, 0.6) is 0 Å². The van der Waals surface area contributed by atoms with E-state index in [0.29, 0.717) is 5.56 Å². The number of nitrogens with zero attached hydrogens (tertiary/aromatic N) is 2. The van der Waals surface area contributed by atoms with Crippen LogP contribution in [0.2, 0.25) is 0 Å². The fraction of sp³-hybridized carbons (Fsp3) is 0.0513. The van der Waals surface area contributed by atoms with Crippen LogP contribution in [0.15, 0.2) is 144 Å². The number of fused-ring (bicyclic) bond motifs is 5. The molecule has 0 fully saturated rings. The Morgan fingerprint density at radius 2 is 1.31 bits per heavy atom. The van der Waals surface area contributed by atoms with E-state index in [1.165, 1.54) is 54.6 Å². The molecule has 0 saturated carbocycles. The number of para-hydroxylation sites is 3. The van der Waals surface area contributed by atoms with Gasteiger partial charge in [-0.05, 0) is 76.0 Å². The first-order valence-corrected chi connectivity index (χ1v) is 15.4. The average Bonchev–Trinajstić information content (AvgIpc) is 3.41. The van der Waals surface area contributed by atoms with Crippen LogP contribution in [-0.4, -0.2) is 10.8 Å². The number of thioether (sulfide) groups is 1. The highest BCUT2D eigenvalue weighted by Gasteiger charge is 2.46. The van der Waals surface area contributed by atoms with Gasteiger partial charge in [0.1, 0.15) is 0 Å². The molecule has 2 nitrogen and oxygen atoms in total. The lowest BCUT2D eigenvalue weighted by molar-refractivity contribution is 0.712. The molecule has 0 aliphatic carbocycles. The Morgan fingerprint density at radius 3 is 2.14 bits per heavy atom. The Bertz CT molecular complexity index is 2200. The number of hydrogen-bond acceptors (Lipinski definition) is 2. The first-order valence-electron chi connectivity index (χ1n) is 14.1. The van der Waals surface area contributed by atoms with Gasteiger partial charge in [0.05, 0.1) is 33.8 Å². The molecular weight excluding hydrogens is 529 g/mol. The summed E-state index contributed by atoms with van der Waals surface area (Å²) in [5.74, 6) is 0. The molecule has 1 aliphatic rings. The van der Waals surface area contributed by atoms with Crippen molar-refractivity contribution in [2.24, 2.45) is 0 Å². The Balaban J connectivity index is 1.56. The molecule has 1 aliphatic heterocycles. The van der Waals surface area contributed by atoms with Crippen molar-refractivity contribution in [3.05, 3.63) is 167 Å². The van der Waals surface area contributed by atoms with Gasteiger partial charge in [0.2, 0.25) is 0 Å². The summed E-state index contributed by atoms with van der Waals surface area (Å²) in [5.41, 5.74) is 11.1. The number of nitriles is 1. The first kappa shape index (κ1) is 24.7. The van der Waals surface area contributed by atoms with Gasteiger partial charge >= 0.3 is 0 Å². The topological polar surface area (TPSA) is 28.7 Å². The van der Waals surface area contributed by atoms with Gasteiger partial charge in [-0.1, -0.05) is 103 Å². The maximum Gasteiger partial charge on any atom is 0.0991 e. The molecule has 1 aromatic heterocycles. The van der Waals surface area contributed by atoms with Crippen LogP contribution in [0.25, 0.3) is 38.6 Å². The zero-order chi connectivity index (χ0) is 28.3. The van der Waals surface area contributed by atoms with Crippen LogP contribution >= 0.6 is 11.8 Å². The zero-order valence-electron chi connectivity index (χ0n) is 23.1. The van der Waals surface area contributed by atoms with Gasteiger partial charge in [0.15, 0.2) is 0 Å². The molecule has 6 aromatic carbocycles. The molecule has 7 aromatic rings. The lowest BCUT2D eigenvalue weighted by Gasteiger charge is -2.42. The van der Waals surface area contributed by atoms with Gasteiger partial charge in [-0.3, -0.25) is 0 Å². The van der Waals surface area contributed by atoms with Crippen LogP contribution < -0.4 is 0 Å². The largest absolute Gasteiger partial charge is 0.309 e. The predicted octanol–water partition coefficient (Wildman–Crippen LogP) is 9.74. The van der Waals surface area contributed by atoms with Crippen LogP contribution in [0.3, 0.4) is 0 Å². The van der Waals surface area contributed by atoms with E-state index in [1.807, 2.05) is 24.3 Å². The second kappa shape index (κ2) is 9.52. The minimum Gasteiger partial charge on any atom is -0.309 e. The van der Waals surface area contributed by atoms with Gasteiger partial charge in [-0.25, -0.2) is 0 Å². The Labute approximate surface area is 249 Å². The molecule has 1 atom stereocenters. The fourth-order valence-electron chi connectivity index (χ4n) is 7.08. The molecule has 3 heteroatoms. The number of rotatable bonds is 4. The van der Waals surface area contributed by atoms with Gasteiger partial charge in [-0.2, -0.15) is 5.26 Å². The Hall–Kier alpha value is -5.04. The molecule has 42 heavy (non-hydrogen) atoms. The molecule has 0 radical (unpaired) electrons. The highest BCUT2D eigenvalue weighted by molar-refractivity contribution is 7.98. The van der Waals surface area contributed by atoms with E-state index in [2.05, 4.69) is 132 Å². The maximum absolute atomic E-state index is 9.37. The lowest BCUT2D eigenvalue weighted by atomic mass is 9.63. The number of hydrogen-bond donors (Lipinski definition) is 0. The number of benzene rings is 6. The van der Waals surface area contributed by atoms with Crippen LogP contribution in [0.4, 0.5) is 0 Å². The van der Waals surface area contributed by atoms with E-state index in [0.717, 1.165) is 11.1 Å². The van der Waals surface area contributed by atoms with Crippen molar-refractivity contribution < 1.29 is 0 Å². The standard InChI is InChI=1S/C39H26N2S/c1-42-37-19-7-4-15-33(37)39(29-11-8-10-28(24-29)27-22-20-26(25-40)21-23-27)32-14-3-6-18-36(32)41-35-17-5-2-12-30(35)31-13-9-16-34(39)38(31)41/h2-24H,1H3. The van der Waals surface area contributed by atoms with Gasteiger partial charge in [0, 0.05) is 15.7 Å². The summed E-state index contributed by atoms with van der Waals surface area (Å²) in [4.78, 5) is 1.26. The van der Waals surface area contributed by atoms with Crippen molar-refractivity contribution in [2.75, 3.05) is 6.26 Å². The molecule has 0 bridgehead atoms. The van der Waals surface area contributed by atoms with Crippen molar-refractivity contribution in [2.45, 2.75) is 10.3 Å². The normalized spacial score (nSPS) is 15.4. The Kier molecular flexibility index (Phi) is 5.60. The van der Waals surface area contributed by atoms with Crippen molar-refractivity contribution in [1.29, 1.82) is 5.26 Å². The van der Waals surface area contributed by atoms with Crippen LogP contribution in [0.1, 0.15) is 27.8 Å². The zero-order valence-corrected chi connectivity index (χ0v) is 23.9. The van der Waals surface area contributed by atoms with E-state index in [1.54, 1.807) is 11.8 Å². The third kappa shape index (κ3) is 3.33. The van der Waals surface area contributed by atoms with Crippen molar-refractivity contribution in [3.63, 3.8) is 0 Å². The minimum absolute atomic E-state index is 0.553. The van der Waals surface area contributed by atoms with Gasteiger partial charge in [0.25, 0.3) is 0 Å². The van der Waals surface area contributed by atoms with E-state index in [-0.39, 0.29) is 0 Å². The predicted molar refractivity (Wildman–Crippen MR) is 175 cm³/mol. The SMILES string of the molecule is CSc1ccccc1C1(c2cccc(-c3ccc(C#N)cc3)c2)c2ccccc2-n2c3ccccc3c3cccc1c32. The third-order valence-corrected chi connectivity index (χ3v) is 9.60. The molecule has 1 unspecified atom stereocenters. The van der Waals surface area contributed by atoms with Gasteiger partial charge in [-0.15, -0.1) is 11.8 Å². The summed E-state index contributed by atoms with van der Waals surface area (Å²) < 4.78 is 2.47. The molecule has 2 heterocycles. The van der Waals surface area contributed by atoms with Gasteiger partial charge < -0.3 is 4.57 Å². The second-order valence-electron chi connectivity index (χ2n) is 10.8. The highest BCUT2D eigenvalue weighted by Crippen LogP contribution is 2.55. The van der Waals surface area contributed by atoms with Crippen LogP contribution in [-0.2, 0) is 5.41 Å². The second-order valence-corrected chi connectivity index (χ2v) is 11.6. The van der Waals surface area contributed by atoms with E-state index >= 15 is 0 Å². The first-order chi connectivity index (χ1) is 20.8. The van der Waals surface area contributed by atoms with Crippen molar-refractivity contribution in [1.82, 2.24) is 4.57 Å². The molecular formula is C39H26N2S. The monoisotopic (exact) mass is 554 g/mol. The summed E-state index contributed by atoms with van der Waals surface area (Å²) in [6, 6.07) is 52.5. The summed E-state index contributed by atoms with van der Waals surface area (Å²) >= 11 is 1.80. The van der Waals surface area contributed by atoms with E-state index in [4.69, 9.17) is 0 Å². The molecule has 198 valence electrons. The molecule has 0 saturated heterocycles. The number of aromatic nitrogens is 1. The quantitative estimate of drug-likeness (QED) is 0.203. The third-order valence-electron chi connectivity index (χ3n) is 8.80. The minimum atomic E-state index is -0.553. The molecule has 8 rings (SSSR count). The smallest absolute Gasteiger partial charge is 0.0991 e. The van der Waals surface area contributed by atoms with Crippen molar-refractivity contribution >= 4 is 33.6 Å². The highest BCUT2D eigenvalue weighted by atomic mass is 32.2. The molecule has 0 spiro atoms. The fourth-order valence-corrected chi connectivity index (χ4v) is 7.74. The molecule has 0 N–H and O–H groups in total. The summed E-state index contributed by atoms with van der Waals surface area (Å²) in [7, 11) is 0. The van der Waals surface area contributed by atoms with Crippen molar-refractivity contribution in [3.8, 4) is 22.9 Å². The maximum atomic E-state index is 9.37. The van der Waals surface area contributed by atoms with Crippen LogP contribution in [0, 0.1) is 11.3 Å². The lowest BCUT2D eigenvalue weighted by Crippen LogP contribution is -2.36. The average molecular weight is 555 g/mol. The van der Waals surface area contributed by atoms with E-state index in [9.17, 15) is 5.26 Å².